The van der Waals surface area contributed by atoms with Gasteiger partial charge in [-0.05, 0) is 34.9 Å². The summed E-state index contributed by atoms with van der Waals surface area (Å²) in [5.41, 5.74) is 1.20. The highest BCUT2D eigenvalue weighted by molar-refractivity contribution is 5.87. The van der Waals surface area contributed by atoms with Gasteiger partial charge in [0.05, 0.1) is 0 Å². The molecule has 0 bridgehead atoms. The van der Waals surface area contributed by atoms with Crippen LogP contribution in [-0.2, 0) is 6.42 Å². The van der Waals surface area contributed by atoms with E-state index in [0.717, 1.165) is 11.8 Å². The van der Waals surface area contributed by atoms with Crippen LogP contribution in [0.25, 0.3) is 10.8 Å². The summed E-state index contributed by atoms with van der Waals surface area (Å²) < 4.78 is 0. The van der Waals surface area contributed by atoms with Crippen molar-refractivity contribution >= 4 is 10.8 Å². The van der Waals surface area contributed by atoms with Crippen LogP contribution in [0.5, 0.6) is 5.75 Å². The van der Waals surface area contributed by atoms with Crippen LogP contribution in [0.2, 0.25) is 0 Å². The normalized spacial score (nSPS) is 10.5. The minimum absolute atomic E-state index is 0.357. The van der Waals surface area contributed by atoms with Gasteiger partial charge in [-0.3, -0.25) is 0 Å². The number of aryl methyl sites for hydroxylation is 1. The molecule has 66 valence electrons. The van der Waals surface area contributed by atoms with Gasteiger partial charge in [0.25, 0.3) is 0 Å². The quantitative estimate of drug-likeness (QED) is 0.700. The maximum atomic E-state index is 9.44. The third-order valence-corrected chi connectivity index (χ3v) is 2.31. The maximum absolute atomic E-state index is 9.44. The molecule has 0 atom stereocenters. The average molecular weight is 172 g/mol. The van der Waals surface area contributed by atoms with E-state index in [2.05, 4.69) is 13.0 Å². The van der Waals surface area contributed by atoms with Gasteiger partial charge in [-0.25, -0.2) is 0 Å². The molecule has 1 N–H and O–H groups in total. The topological polar surface area (TPSA) is 20.2 Å². The van der Waals surface area contributed by atoms with Crippen molar-refractivity contribution in [3.8, 4) is 5.75 Å². The molecule has 0 aromatic heterocycles. The van der Waals surface area contributed by atoms with E-state index in [0.29, 0.717) is 5.75 Å². The first-order valence-corrected chi connectivity index (χ1v) is 4.52. The molecular formula is C12H12O. The van der Waals surface area contributed by atoms with Gasteiger partial charge in [0.15, 0.2) is 0 Å². The molecule has 0 amide bonds. The minimum atomic E-state index is 0.357. The molecule has 2 aromatic rings. The predicted molar refractivity (Wildman–Crippen MR) is 55.0 cm³/mol. The molecule has 13 heavy (non-hydrogen) atoms. The first-order chi connectivity index (χ1) is 6.31. The standard InChI is InChI=1S/C12H12O/c1-2-9-7-11(13)8-10-5-3-4-6-12(9)10/h3-8,13H,2H2,1H3. The Hall–Kier alpha value is -1.50. The predicted octanol–water partition coefficient (Wildman–Crippen LogP) is 3.11. The summed E-state index contributed by atoms with van der Waals surface area (Å²) in [4.78, 5) is 0. The van der Waals surface area contributed by atoms with E-state index in [-0.39, 0.29) is 0 Å². The highest BCUT2D eigenvalue weighted by Gasteiger charge is 2.00. The van der Waals surface area contributed by atoms with Crippen molar-refractivity contribution in [3.05, 3.63) is 42.0 Å². The molecule has 0 radical (unpaired) electrons. The lowest BCUT2D eigenvalue weighted by atomic mass is 10.0. The van der Waals surface area contributed by atoms with Crippen LogP contribution in [0.4, 0.5) is 0 Å². The van der Waals surface area contributed by atoms with Gasteiger partial charge in [-0.2, -0.15) is 0 Å². The number of rotatable bonds is 1. The van der Waals surface area contributed by atoms with Gasteiger partial charge >= 0.3 is 0 Å². The SMILES string of the molecule is CCc1cc(O)cc2ccccc12. The van der Waals surface area contributed by atoms with Crippen LogP contribution >= 0.6 is 0 Å². The molecule has 0 saturated heterocycles. The third-order valence-electron chi connectivity index (χ3n) is 2.31. The Morgan fingerprint density at radius 3 is 2.69 bits per heavy atom. The van der Waals surface area contributed by atoms with Crippen molar-refractivity contribution < 1.29 is 5.11 Å². The summed E-state index contributed by atoms with van der Waals surface area (Å²) in [7, 11) is 0. The summed E-state index contributed by atoms with van der Waals surface area (Å²) in [5.74, 6) is 0.357. The van der Waals surface area contributed by atoms with E-state index in [1.165, 1.54) is 10.9 Å². The largest absolute Gasteiger partial charge is 0.508 e. The Morgan fingerprint density at radius 1 is 1.15 bits per heavy atom. The third kappa shape index (κ3) is 1.37. The van der Waals surface area contributed by atoms with Gasteiger partial charge in [0, 0.05) is 0 Å². The summed E-state index contributed by atoms with van der Waals surface area (Å²) in [6.07, 6.45) is 0.953. The Balaban J connectivity index is 2.81. The van der Waals surface area contributed by atoms with Crippen LogP contribution < -0.4 is 0 Å². The fourth-order valence-electron chi connectivity index (χ4n) is 1.67. The molecule has 0 heterocycles. The summed E-state index contributed by atoms with van der Waals surface area (Å²) >= 11 is 0. The molecule has 0 unspecified atom stereocenters. The maximum Gasteiger partial charge on any atom is 0.116 e. The van der Waals surface area contributed by atoms with E-state index >= 15 is 0 Å². The molecule has 2 rings (SSSR count). The number of phenolic OH excluding ortho intramolecular Hbond substituents is 1. The highest BCUT2D eigenvalue weighted by Crippen LogP contribution is 2.24. The fraction of sp³-hybridized carbons (Fsp3) is 0.167. The van der Waals surface area contributed by atoms with Crippen LogP contribution in [0.3, 0.4) is 0 Å². The van der Waals surface area contributed by atoms with Gasteiger partial charge in [0.2, 0.25) is 0 Å². The fourth-order valence-corrected chi connectivity index (χ4v) is 1.67. The molecule has 1 nitrogen and oxygen atoms in total. The van der Waals surface area contributed by atoms with Crippen molar-refractivity contribution in [2.75, 3.05) is 0 Å². The Bertz CT molecular complexity index is 432. The van der Waals surface area contributed by atoms with E-state index in [1.54, 1.807) is 6.07 Å². The van der Waals surface area contributed by atoms with E-state index in [1.807, 2.05) is 24.3 Å². The van der Waals surface area contributed by atoms with Gasteiger partial charge in [0.1, 0.15) is 5.75 Å². The van der Waals surface area contributed by atoms with Gasteiger partial charge < -0.3 is 5.11 Å². The van der Waals surface area contributed by atoms with Crippen molar-refractivity contribution in [2.24, 2.45) is 0 Å². The molecule has 0 aliphatic heterocycles. The van der Waals surface area contributed by atoms with Crippen LogP contribution in [-0.4, -0.2) is 5.11 Å². The first-order valence-electron chi connectivity index (χ1n) is 4.52. The first kappa shape index (κ1) is 8.11. The second-order valence-corrected chi connectivity index (χ2v) is 3.18. The lowest BCUT2D eigenvalue weighted by Gasteiger charge is -2.04. The van der Waals surface area contributed by atoms with Crippen molar-refractivity contribution in [1.82, 2.24) is 0 Å². The Labute approximate surface area is 77.6 Å². The number of benzene rings is 2. The molecule has 0 aliphatic carbocycles. The lowest BCUT2D eigenvalue weighted by molar-refractivity contribution is 0.475. The van der Waals surface area contributed by atoms with Gasteiger partial charge in [-0.15, -0.1) is 0 Å². The average Bonchev–Trinajstić information content (AvgIpc) is 2.16. The number of phenols is 1. The monoisotopic (exact) mass is 172 g/mol. The number of aromatic hydroxyl groups is 1. The zero-order valence-electron chi connectivity index (χ0n) is 7.62. The van der Waals surface area contributed by atoms with Crippen molar-refractivity contribution in [3.63, 3.8) is 0 Å². The molecule has 0 aliphatic rings. The van der Waals surface area contributed by atoms with Gasteiger partial charge in [-0.1, -0.05) is 31.2 Å². The zero-order valence-corrected chi connectivity index (χ0v) is 7.62. The molecule has 1 heteroatoms. The zero-order chi connectivity index (χ0) is 9.26. The lowest BCUT2D eigenvalue weighted by Crippen LogP contribution is -1.82. The Kier molecular flexibility index (Phi) is 1.93. The van der Waals surface area contributed by atoms with Crippen LogP contribution in [0.15, 0.2) is 36.4 Å². The van der Waals surface area contributed by atoms with E-state index in [9.17, 15) is 5.11 Å². The van der Waals surface area contributed by atoms with Crippen LogP contribution in [0.1, 0.15) is 12.5 Å². The number of hydrogen-bond donors (Lipinski definition) is 1. The summed E-state index contributed by atoms with van der Waals surface area (Å²) in [6, 6.07) is 11.8. The minimum Gasteiger partial charge on any atom is -0.508 e. The highest BCUT2D eigenvalue weighted by atomic mass is 16.3. The van der Waals surface area contributed by atoms with Crippen LogP contribution in [0, 0.1) is 0 Å². The number of hydrogen-bond acceptors (Lipinski definition) is 1. The number of fused-ring (bicyclic) bond motifs is 1. The van der Waals surface area contributed by atoms with Crippen molar-refractivity contribution in [1.29, 1.82) is 0 Å². The van der Waals surface area contributed by atoms with E-state index in [4.69, 9.17) is 0 Å². The van der Waals surface area contributed by atoms with Crippen molar-refractivity contribution in [2.45, 2.75) is 13.3 Å². The van der Waals surface area contributed by atoms with E-state index < -0.39 is 0 Å². The molecule has 0 saturated carbocycles. The molecular weight excluding hydrogens is 160 g/mol. The molecule has 2 aromatic carbocycles. The smallest absolute Gasteiger partial charge is 0.116 e. The molecule has 0 spiro atoms. The summed E-state index contributed by atoms with van der Waals surface area (Å²) in [5, 5.41) is 11.8. The summed E-state index contributed by atoms with van der Waals surface area (Å²) in [6.45, 7) is 2.10. The second kappa shape index (κ2) is 3.09. The second-order valence-electron chi connectivity index (χ2n) is 3.18. The Morgan fingerprint density at radius 2 is 1.92 bits per heavy atom. The molecule has 0 fully saturated rings.